The molecule has 1 saturated carbocycles. The Bertz CT molecular complexity index is 1030. The van der Waals surface area contributed by atoms with Crippen molar-refractivity contribution in [2.24, 2.45) is 0 Å². The van der Waals surface area contributed by atoms with Gasteiger partial charge in [0.15, 0.2) is 0 Å². The maximum Gasteiger partial charge on any atom is 0.227 e. The van der Waals surface area contributed by atoms with Gasteiger partial charge in [-0.1, -0.05) is 23.7 Å². The van der Waals surface area contributed by atoms with Crippen molar-refractivity contribution in [2.75, 3.05) is 29.9 Å². The van der Waals surface area contributed by atoms with Crippen LogP contribution >= 0.6 is 11.6 Å². The molecule has 8 heteroatoms. The van der Waals surface area contributed by atoms with E-state index >= 15 is 0 Å². The number of aliphatic hydroxyl groups is 1. The highest BCUT2D eigenvalue weighted by molar-refractivity contribution is 7.87. The summed E-state index contributed by atoms with van der Waals surface area (Å²) in [5.41, 5.74) is 1.86. The van der Waals surface area contributed by atoms with Gasteiger partial charge in [0, 0.05) is 24.5 Å². The van der Waals surface area contributed by atoms with E-state index in [2.05, 4.69) is 22.3 Å². The Hall–Kier alpha value is -1.70. The van der Waals surface area contributed by atoms with Gasteiger partial charge < -0.3 is 15.3 Å². The summed E-state index contributed by atoms with van der Waals surface area (Å²) in [4.78, 5) is 12.8. The van der Waals surface area contributed by atoms with Gasteiger partial charge in [0.25, 0.3) is 0 Å². The van der Waals surface area contributed by atoms with Gasteiger partial charge in [0.1, 0.15) is 10.7 Å². The molecule has 0 radical (unpaired) electrons. The predicted octanol–water partition coefficient (Wildman–Crippen LogP) is 4.28. The Morgan fingerprint density at radius 1 is 1.19 bits per heavy atom. The number of benzene rings is 1. The minimum absolute atomic E-state index is 0.0592. The summed E-state index contributed by atoms with van der Waals surface area (Å²) < 4.78 is 12.9. The van der Waals surface area contributed by atoms with Gasteiger partial charge in [-0.3, -0.25) is 4.21 Å². The first-order valence-electron chi connectivity index (χ1n) is 11.5. The van der Waals surface area contributed by atoms with Crippen LogP contribution in [0.2, 0.25) is 5.02 Å². The zero-order valence-corrected chi connectivity index (χ0v) is 20.3. The van der Waals surface area contributed by atoms with Gasteiger partial charge >= 0.3 is 0 Å². The molecule has 3 aliphatic rings. The Balaban J connectivity index is 1.41. The molecule has 32 heavy (non-hydrogen) atoms. The van der Waals surface area contributed by atoms with Crippen LogP contribution in [-0.4, -0.2) is 49.3 Å². The molecule has 0 spiro atoms. The quantitative estimate of drug-likeness (QED) is 0.673. The van der Waals surface area contributed by atoms with Crippen LogP contribution in [0.4, 0.5) is 11.8 Å². The number of anilines is 2. The SMILES string of the molecule is CC1(C)Cc2nc(N3CCC(c4ccc(Cl)cc4)CC3)nc(NC3(CO)CCC3)c2[S@]1=O. The highest BCUT2D eigenvalue weighted by Crippen LogP contribution is 2.43. The molecule has 2 N–H and O–H groups in total. The molecular formula is C24H31ClN4O2S. The molecule has 1 aromatic carbocycles. The highest BCUT2D eigenvalue weighted by Gasteiger charge is 2.44. The van der Waals surface area contributed by atoms with Crippen molar-refractivity contribution < 1.29 is 9.32 Å². The first-order valence-corrected chi connectivity index (χ1v) is 13.1. The van der Waals surface area contributed by atoms with E-state index in [0.29, 0.717) is 24.1 Å². The molecule has 6 nitrogen and oxygen atoms in total. The first-order chi connectivity index (χ1) is 15.3. The number of nitrogens with one attached hydrogen (secondary N) is 1. The number of piperidine rings is 1. The number of aromatic nitrogens is 2. The van der Waals surface area contributed by atoms with Gasteiger partial charge in [0.2, 0.25) is 5.95 Å². The zero-order chi connectivity index (χ0) is 22.5. The molecular weight excluding hydrogens is 444 g/mol. The third-order valence-electron chi connectivity index (χ3n) is 7.32. The fraction of sp³-hybridized carbons (Fsp3) is 0.583. The van der Waals surface area contributed by atoms with Gasteiger partial charge in [-0.15, -0.1) is 0 Å². The second-order valence-corrected chi connectivity index (χ2v) is 12.6. The summed E-state index contributed by atoms with van der Waals surface area (Å²) in [6.45, 7) is 5.87. The van der Waals surface area contributed by atoms with Crippen LogP contribution in [0.3, 0.4) is 0 Å². The van der Waals surface area contributed by atoms with Crippen molar-refractivity contribution in [3.05, 3.63) is 40.5 Å². The predicted molar refractivity (Wildman–Crippen MR) is 129 cm³/mol. The maximum atomic E-state index is 13.2. The van der Waals surface area contributed by atoms with Crippen molar-refractivity contribution >= 4 is 34.2 Å². The lowest BCUT2D eigenvalue weighted by molar-refractivity contribution is 0.143. The number of hydrogen-bond acceptors (Lipinski definition) is 6. The number of fused-ring (bicyclic) bond motifs is 1. The van der Waals surface area contributed by atoms with Crippen LogP contribution in [0.25, 0.3) is 0 Å². The minimum atomic E-state index is -1.18. The molecule has 0 amide bonds. The minimum Gasteiger partial charge on any atom is -0.394 e. The molecule has 0 unspecified atom stereocenters. The summed E-state index contributed by atoms with van der Waals surface area (Å²) in [5.74, 6) is 1.88. The Kier molecular flexibility index (Phi) is 5.71. The Morgan fingerprint density at radius 2 is 1.88 bits per heavy atom. The molecule has 5 rings (SSSR count). The summed E-state index contributed by atoms with van der Waals surface area (Å²) in [5, 5.41) is 14.3. The summed E-state index contributed by atoms with van der Waals surface area (Å²) in [7, 11) is -1.18. The van der Waals surface area contributed by atoms with E-state index in [1.54, 1.807) is 0 Å². The zero-order valence-electron chi connectivity index (χ0n) is 18.7. The molecule has 1 aromatic heterocycles. The van der Waals surface area contributed by atoms with Crippen LogP contribution in [0.1, 0.15) is 63.1 Å². The topological polar surface area (TPSA) is 78.3 Å². The fourth-order valence-electron chi connectivity index (χ4n) is 5.09. The molecule has 0 bridgehead atoms. The number of rotatable bonds is 5. The van der Waals surface area contributed by atoms with Crippen molar-refractivity contribution in [3.63, 3.8) is 0 Å². The number of halogens is 1. The van der Waals surface area contributed by atoms with E-state index in [9.17, 15) is 9.32 Å². The standard InChI is InChI=1S/C24H31ClN4O2S/c1-23(2)14-19-20(32(23)31)21(28-24(15-30)10-3-11-24)27-22(26-19)29-12-8-17(9-13-29)16-4-6-18(25)7-5-16/h4-7,17,30H,3,8-15H2,1-2H3,(H,26,27,28)/t32-/m1/s1. The number of aliphatic hydroxyl groups excluding tert-OH is 1. The third-order valence-corrected chi connectivity index (χ3v) is 9.52. The lowest BCUT2D eigenvalue weighted by Crippen LogP contribution is -2.49. The van der Waals surface area contributed by atoms with Crippen molar-refractivity contribution in [1.82, 2.24) is 9.97 Å². The number of hydrogen-bond donors (Lipinski definition) is 2. The largest absolute Gasteiger partial charge is 0.394 e. The molecule has 2 aliphatic heterocycles. The molecule has 1 saturated heterocycles. The van der Waals surface area contributed by atoms with Gasteiger partial charge in [0.05, 0.1) is 33.4 Å². The second kappa shape index (κ2) is 8.26. The van der Waals surface area contributed by atoms with Crippen molar-refractivity contribution in [2.45, 2.75) is 73.5 Å². The number of nitrogens with zero attached hydrogens (tertiary/aromatic N) is 3. The van der Waals surface area contributed by atoms with Gasteiger partial charge in [-0.2, -0.15) is 4.98 Å². The van der Waals surface area contributed by atoms with Crippen LogP contribution in [-0.2, 0) is 17.2 Å². The van der Waals surface area contributed by atoms with Crippen molar-refractivity contribution in [1.29, 1.82) is 0 Å². The average molecular weight is 475 g/mol. The lowest BCUT2D eigenvalue weighted by Gasteiger charge is -2.42. The summed E-state index contributed by atoms with van der Waals surface area (Å²) in [6, 6.07) is 8.18. The Labute approximate surface area is 197 Å². The lowest BCUT2D eigenvalue weighted by atomic mass is 9.77. The third kappa shape index (κ3) is 3.93. The maximum absolute atomic E-state index is 13.2. The Morgan fingerprint density at radius 3 is 2.47 bits per heavy atom. The molecule has 2 fully saturated rings. The van der Waals surface area contributed by atoms with Gasteiger partial charge in [-0.05, 0) is 69.6 Å². The van der Waals surface area contributed by atoms with E-state index < -0.39 is 10.8 Å². The summed E-state index contributed by atoms with van der Waals surface area (Å²) in [6.07, 6.45) is 5.62. The van der Waals surface area contributed by atoms with E-state index in [1.807, 2.05) is 26.0 Å². The molecule has 172 valence electrons. The van der Waals surface area contributed by atoms with E-state index in [-0.39, 0.29) is 16.9 Å². The second-order valence-electron chi connectivity index (χ2n) is 10.1. The monoisotopic (exact) mass is 474 g/mol. The van der Waals surface area contributed by atoms with Crippen LogP contribution in [0.5, 0.6) is 0 Å². The summed E-state index contributed by atoms with van der Waals surface area (Å²) >= 11 is 6.05. The van der Waals surface area contributed by atoms with E-state index in [1.165, 1.54) is 5.56 Å². The van der Waals surface area contributed by atoms with E-state index in [0.717, 1.165) is 60.8 Å². The molecule has 3 heterocycles. The smallest absolute Gasteiger partial charge is 0.227 e. The molecule has 2 aromatic rings. The normalized spacial score (nSPS) is 24.1. The molecule has 1 aliphatic carbocycles. The van der Waals surface area contributed by atoms with Crippen molar-refractivity contribution in [3.8, 4) is 0 Å². The fourth-order valence-corrected chi connectivity index (χ4v) is 6.65. The highest BCUT2D eigenvalue weighted by atomic mass is 35.5. The van der Waals surface area contributed by atoms with Crippen LogP contribution < -0.4 is 10.2 Å². The van der Waals surface area contributed by atoms with E-state index in [4.69, 9.17) is 21.6 Å². The average Bonchev–Trinajstić information content (AvgIpc) is 2.99. The van der Waals surface area contributed by atoms with Crippen LogP contribution in [0, 0.1) is 0 Å². The first kappa shape index (κ1) is 22.1. The van der Waals surface area contributed by atoms with Crippen LogP contribution in [0.15, 0.2) is 29.2 Å². The van der Waals surface area contributed by atoms with Gasteiger partial charge in [-0.25, -0.2) is 4.98 Å². The molecule has 1 atom stereocenters.